The van der Waals surface area contributed by atoms with Crippen molar-refractivity contribution in [1.82, 2.24) is 9.97 Å². The van der Waals surface area contributed by atoms with E-state index in [1.54, 1.807) is 0 Å². The summed E-state index contributed by atoms with van der Waals surface area (Å²) < 4.78 is 11.5. The molecule has 0 unspecified atom stereocenters. The van der Waals surface area contributed by atoms with Gasteiger partial charge in [0.25, 0.3) is 0 Å². The molecule has 4 atom stereocenters. The first-order chi connectivity index (χ1) is 9.37. The van der Waals surface area contributed by atoms with Gasteiger partial charge in [-0.15, -0.1) is 0 Å². The van der Waals surface area contributed by atoms with Crippen LogP contribution < -0.4 is 11.1 Å². The molecule has 0 aromatic carbocycles. The fourth-order valence-electron chi connectivity index (χ4n) is 2.76. The maximum atomic E-state index is 10.1. The van der Waals surface area contributed by atoms with Crippen molar-refractivity contribution < 1.29 is 14.6 Å². The van der Waals surface area contributed by atoms with Crippen molar-refractivity contribution in [1.29, 1.82) is 0 Å². The molecule has 0 bridgehead atoms. The number of nitrogens with two attached hydrogens (primary N) is 1. The molecular weight excluding hydrogens is 284 g/mol. The predicted octanol–water partition coefficient (Wildman–Crippen LogP) is 0.777. The van der Waals surface area contributed by atoms with E-state index < -0.39 is 11.9 Å². The number of rotatable bonds is 2. The van der Waals surface area contributed by atoms with E-state index in [9.17, 15) is 5.11 Å². The summed E-state index contributed by atoms with van der Waals surface area (Å²) in [5.74, 6) is -0.262. The lowest BCUT2D eigenvalue weighted by atomic mass is 10.2. The molecule has 1 aromatic rings. The van der Waals surface area contributed by atoms with Crippen LogP contribution in [0.25, 0.3) is 0 Å². The summed E-state index contributed by atoms with van der Waals surface area (Å²) in [4.78, 5) is 7.87. The smallest absolute Gasteiger partial charge is 0.163 e. The maximum Gasteiger partial charge on any atom is 0.163 e. The molecule has 20 heavy (non-hydrogen) atoms. The molecule has 7 nitrogen and oxygen atoms in total. The van der Waals surface area contributed by atoms with Crippen molar-refractivity contribution in [2.24, 2.45) is 0 Å². The van der Waals surface area contributed by atoms with Gasteiger partial charge in [-0.1, -0.05) is 11.6 Å². The molecule has 1 aliphatic heterocycles. The fraction of sp³-hybridized carbons (Fsp3) is 0.667. The molecule has 3 rings (SSSR count). The number of halogens is 1. The summed E-state index contributed by atoms with van der Waals surface area (Å²) >= 11 is 5.86. The summed E-state index contributed by atoms with van der Waals surface area (Å²) in [5.41, 5.74) is 6.11. The Bertz CT molecular complexity index is 527. The highest BCUT2D eigenvalue weighted by Crippen LogP contribution is 2.40. The SMILES string of the molecule is CC1(C)O[C@@H]2[C@H](O1)[C@@H](O)C[C@H]2Nc1ncnc(Cl)c1N. The average molecular weight is 301 g/mol. The molecule has 1 aliphatic carbocycles. The highest BCUT2D eigenvalue weighted by atomic mass is 35.5. The molecule has 0 amide bonds. The van der Waals surface area contributed by atoms with Crippen LogP contribution in [0.2, 0.25) is 5.15 Å². The fourth-order valence-corrected chi connectivity index (χ4v) is 2.89. The molecule has 1 saturated carbocycles. The third-order valence-electron chi connectivity index (χ3n) is 3.59. The van der Waals surface area contributed by atoms with E-state index in [0.29, 0.717) is 12.2 Å². The van der Waals surface area contributed by atoms with E-state index in [1.165, 1.54) is 6.33 Å². The summed E-state index contributed by atoms with van der Waals surface area (Å²) in [6.07, 6.45) is 0.638. The third kappa shape index (κ3) is 2.31. The zero-order valence-corrected chi connectivity index (χ0v) is 12.0. The minimum absolute atomic E-state index is 0.148. The first kappa shape index (κ1) is 13.8. The van der Waals surface area contributed by atoms with E-state index in [2.05, 4.69) is 15.3 Å². The number of hydrogen-bond acceptors (Lipinski definition) is 7. The minimum Gasteiger partial charge on any atom is -0.393 e. The van der Waals surface area contributed by atoms with Gasteiger partial charge >= 0.3 is 0 Å². The van der Waals surface area contributed by atoms with Crippen molar-refractivity contribution in [3.8, 4) is 0 Å². The van der Waals surface area contributed by atoms with Crippen molar-refractivity contribution in [3.63, 3.8) is 0 Å². The van der Waals surface area contributed by atoms with Gasteiger partial charge in [-0.2, -0.15) is 0 Å². The number of ether oxygens (including phenoxy) is 2. The van der Waals surface area contributed by atoms with Crippen LogP contribution in [-0.2, 0) is 9.47 Å². The van der Waals surface area contributed by atoms with Gasteiger partial charge in [0.2, 0.25) is 0 Å². The summed E-state index contributed by atoms with van der Waals surface area (Å²) in [7, 11) is 0. The normalized spacial score (nSPS) is 35.0. The molecule has 110 valence electrons. The highest BCUT2D eigenvalue weighted by Gasteiger charge is 2.53. The third-order valence-corrected chi connectivity index (χ3v) is 3.89. The lowest BCUT2D eigenvalue weighted by Crippen LogP contribution is -2.35. The van der Waals surface area contributed by atoms with Crippen LogP contribution in [-0.4, -0.2) is 45.2 Å². The zero-order valence-electron chi connectivity index (χ0n) is 11.2. The molecule has 1 saturated heterocycles. The number of nitrogens with one attached hydrogen (secondary N) is 1. The number of aromatic nitrogens is 2. The molecule has 0 radical (unpaired) electrons. The molecule has 2 fully saturated rings. The van der Waals surface area contributed by atoms with E-state index in [-0.39, 0.29) is 29.1 Å². The first-order valence-corrected chi connectivity index (χ1v) is 6.81. The van der Waals surface area contributed by atoms with Crippen LogP contribution in [0.15, 0.2) is 6.33 Å². The monoisotopic (exact) mass is 300 g/mol. The molecule has 2 aliphatic rings. The molecule has 1 aromatic heterocycles. The van der Waals surface area contributed by atoms with Crippen LogP contribution in [0, 0.1) is 0 Å². The Morgan fingerprint density at radius 3 is 2.85 bits per heavy atom. The Labute approximate surface area is 121 Å². The van der Waals surface area contributed by atoms with Crippen LogP contribution >= 0.6 is 11.6 Å². The van der Waals surface area contributed by atoms with Gasteiger partial charge in [-0.25, -0.2) is 9.97 Å². The van der Waals surface area contributed by atoms with Gasteiger partial charge in [-0.3, -0.25) is 0 Å². The Balaban J connectivity index is 1.80. The molecule has 8 heteroatoms. The second kappa shape index (κ2) is 4.70. The van der Waals surface area contributed by atoms with E-state index >= 15 is 0 Å². The van der Waals surface area contributed by atoms with Gasteiger partial charge < -0.3 is 25.6 Å². The Kier molecular flexibility index (Phi) is 3.24. The predicted molar refractivity (Wildman–Crippen MR) is 73.3 cm³/mol. The van der Waals surface area contributed by atoms with Gasteiger partial charge in [-0.05, 0) is 20.3 Å². The van der Waals surface area contributed by atoms with E-state index in [0.717, 1.165) is 0 Å². The summed E-state index contributed by atoms with van der Waals surface area (Å²) in [6, 6.07) is -0.148. The number of aliphatic hydroxyl groups is 1. The number of nitrogen functional groups attached to an aromatic ring is 1. The average Bonchev–Trinajstić information content (AvgIpc) is 2.82. The largest absolute Gasteiger partial charge is 0.393 e. The van der Waals surface area contributed by atoms with E-state index in [1.807, 2.05) is 13.8 Å². The Morgan fingerprint density at radius 2 is 2.10 bits per heavy atom. The molecular formula is C12H17ClN4O3. The minimum atomic E-state index is -0.703. The van der Waals surface area contributed by atoms with Crippen LogP contribution in [0.3, 0.4) is 0 Å². The second-order valence-electron chi connectivity index (χ2n) is 5.55. The number of hydrogen-bond donors (Lipinski definition) is 3. The van der Waals surface area contributed by atoms with Crippen molar-refractivity contribution in [2.75, 3.05) is 11.1 Å². The molecule has 2 heterocycles. The van der Waals surface area contributed by atoms with Crippen LogP contribution in [0.1, 0.15) is 20.3 Å². The topological polar surface area (TPSA) is 103 Å². The lowest BCUT2D eigenvalue weighted by molar-refractivity contribution is -0.162. The van der Waals surface area contributed by atoms with Crippen molar-refractivity contribution >= 4 is 23.1 Å². The molecule has 4 N–H and O–H groups in total. The summed E-state index contributed by atoms with van der Waals surface area (Å²) in [5, 5.41) is 13.4. The lowest BCUT2D eigenvalue weighted by Gasteiger charge is -2.23. The maximum absolute atomic E-state index is 10.1. The van der Waals surface area contributed by atoms with E-state index in [4.69, 9.17) is 26.8 Å². The number of anilines is 2. The van der Waals surface area contributed by atoms with Crippen molar-refractivity contribution in [2.45, 2.75) is 50.4 Å². The zero-order chi connectivity index (χ0) is 14.5. The van der Waals surface area contributed by atoms with Gasteiger partial charge in [0.1, 0.15) is 24.2 Å². The standard InChI is InChI=1S/C12H17ClN4O3/c1-12(2)19-8-5(3-6(18)9(8)20-12)17-11-7(14)10(13)15-4-16-11/h4-6,8-9,18H,3,14H2,1-2H3,(H,15,16,17)/t5-,6+,8+,9-/m1/s1. The van der Waals surface area contributed by atoms with Gasteiger partial charge in [0.15, 0.2) is 16.8 Å². The van der Waals surface area contributed by atoms with Gasteiger partial charge in [0, 0.05) is 0 Å². The quantitative estimate of drug-likeness (QED) is 0.693. The van der Waals surface area contributed by atoms with Crippen LogP contribution in [0.4, 0.5) is 11.5 Å². The summed E-state index contributed by atoms with van der Waals surface area (Å²) in [6.45, 7) is 3.65. The molecule has 0 spiro atoms. The number of nitrogens with zero attached hydrogens (tertiary/aromatic N) is 2. The van der Waals surface area contributed by atoms with Crippen LogP contribution in [0.5, 0.6) is 0 Å². The number of aliphatic hydroxyl groups excluding tert-OH is 1. The van der Waals surface area contributed by atoms with Crippen molar-refractivity contribution in [3.05, 3.63) is 11.5 Å². The highest BCUT2D eigenvalue weighted by molar-refractivity contribution is 6.32. The Morgan fingerprint density at radius 1 is 1.40 bits per heavy atom. The first-order valence-electron chi connectivity index (χ1n) is 6.43. The van der Waals surface area contributed by atoms with Gasteiger partial charge in [0.05, 0.1) is 12.1 Å². The second-order valence-corrected chi connectivity index (χ2v) is 5.90. The Hall–Kier alpha value is -1.15. The number of fused-ring (bicyclic) bond motifs is 1.